The van der Waals surface area contributed by atoms with E-state index in [1.54, 1.807) is 6.07 Å². The van der Waals surface area contributed by atoms with Crippen LogP contribution in [0.5, 0.6) is 0 Å². The van der Waals surface area contributed by atoms with Crippen molar-refractivity contribution >= 4 is 38.0 Å². The Balaban J connectivity index is 1.82. The summed E-state index contributed by atoms with van der Waals surface area (Å²) < 4.78 is 21.0. The molecule has 2 N–H and O–H groups in total. The van der Waals surface area contributed by atoms with E-state index in [1.165, 1.54) is 24.5 Å². The van der Waals surface area contributed by atoms with Crippen LogP contribution in [0.2, 0.25) is 0 Å². The number of amides is 2. The van der Waals surface area contributed by atoms with Gasteiger partial charge in [-0.3, -0.25) is 9.59 Å². The molecule has 9 heteroatoms. The molecule has 1 saturated carbocycles. The fourth-order valence-electron chi connectivity index (χ4n) is 3.91. The molecule has 2 amide bonds. The van der Waals surface area contributed by atoms with Crippen LogP contribution >= 0.6 is 11.3 Å². The molecule has 1 aromatic heterocycles. The molecule has 2 aliphatic rings. The molecule has 2 atom stereocenters. The second kappa shape index (κ2) is 6.91. The van der Waals surface area contributed by atoms with Crippen LogP contribution in [-0.2, 0) is 21.1 Å². The van der Waals surface area contributed by atoms with Gasteiger partial charge in [0.1, 0.15) is 0 Å². The lowest BCUT2D eigenvalue weighted by molar-refractivity contribution is -0.114. The lowest BCUT2D eigenvalue weighted by atomic mass is 10.0. The number of aryl methyl sites for hydroxylation is 1. The van der Waals surface area contributed by atoms with Gasteiger partial charge in [0.25, 0.3) is 5.91 Å². The Morgan fingerprint density at radius 2 is 2.10 bits per heavy atom. The molecule has 7 nitrogen and oxygen atoms in total. The van der Waals surface area contributed by atoms with E-state index in [4.69, 9.17) is 4.78 Å². The highest BCUT2D eigenvalue weighted by atomic mass is 32.2. The number of nitrogens with zero attached hydrogens (tertiary/aromatic N) is 2. The van der Waals surface area contributed by atoms with Gasteiger partial charge >= 0.3 is 0 Å². The lowest BCUT2D eigenvalue weighted by Crippen LogP contribution is -2.35. The standard InChI is InChI=1S/C20H24N4O3S2/c1-10-18(28-20(22-10)23-12(3)25)14-7-15-9-24(11(2)13-5-6-13)19(26)17(15)16(8-14)29(4,21)27/h7-8,11,13,21H,5-6,9H2,1-4H3,(H,22,23,25)/t11-,29+/m0/s1. The summed E-state index contributed by atoms with van der Waals surface area (Å²) in [7, 11) is -3.10. The minimum Gasteiger partial charge on any atom is -0.331 e. The van der Waals surface area contributed by atoms with Crippen LogP contribution in [-0.4, -0.2) is 38.2 Å². The maximum Gasteiger partial charge on any atom is 0.256 e. The van der Waals surface area contributed by atoms with Gasteiger partial charge in [-0.1, -0.05) is 11.3 Å². The molecule has 0 spiro atoms. The van der Waals surface area contributed by atoms with Crippen molar-refractivity contribution in [2.75, 3.05) is 11.6 Å². The van der Waals surface area contributed by atoms with E-state index in [2.05, 4.69) is 17.2 Å². The number of hydrogen-bond donors (Lipinski definition) is 2. The maximum absolute atomic E-state index is 13.1. The fraction of sp³-hybridized carbons (Fsp3) is 0.450. The molecule has 154 valence electrons. The van der Waals surface area contributed by atoms with Gasteiger partial charge in [-0.25, -0.2) is 14.0 Å². The van der Waals surface area contributed by atoms with E-state index < -0.39 is 9.73 Å². The average Bonchev–Trinajstić information content (AvgIpc) is 3.33. The molecule has 1 fully saturated rings. The zero-order valence-electron chi connectivity index (χ0n) is 16.9. The molecule has 0 unspecified atom stereocenters. The monoisotopic (exact) mass is 432 g/mol. The van der Waals surface area contributed by atoms with Crippen LogP contribution in [0.3, 0.4) is 0 Å². The van der Waals surface area contributed by atoms with Crippen molar-refractivity contribution in [2.24, 2.45) is 5.92 Å². The van der Waals surface area contributed by atoms with Crippen molar-refractivity contribution in [1.82, 2.24) is 9.88 Å². The highest BCUT2D eigenvalue weighted by Gasteiger charge is 2.40. The van der Waals surface area contributed by atoms with Crippen LogP contribution in [0.15, 0.2) is 17.0 Å². The Morgan fingerprint density at radius 1 is 1.41 bits per heavy atom. The van der Waals surface area contributed by atoms with Gasteiger partial charge in [0, 0.05) is 25.8 Å². The first-order chi connectivity index (χ1) is 13.6. The Hall–Kier alpha value is -2.26. The Morgan fingerprint density at radius 3 is 2.69 bits per heavy atom. The van der Waals surface area contributed by atoms with Gasteiger partial charge in [-0.05, 0) is 55.9 Å². The number of carbonyl (C=O) groups excluding carboxylic acids is 2. The largest absolute Gasteiger partial charge is 0.331 e. The van der Waals surface area contributed by atoms with Gasteiger partial charge < -0.3 is 10.2 Å². The van der Waals surface area contributed by atoms with Crippen LogP contribution in [0.4, 0.5) is 5.13 Å². The highest BCUT2D eigenvalue weighted by molar-refractivity contribution is 7.91. The summed E-state index contributed by atoms with van der Waals surface area (Å²) in [6.45, 7) is 5.82. The predicted molar refractivity (Wildman–Crippen MR) is 114 cm³/mol. The van der Waals surface area contributed by atoms with Crippen LogP contribution < -0.4 is 5.32 Å². The zero-order valence-corrected chi connectivity index (χ0v) is 18.5. The summed E-state index contributed by atoms with van der Waals surface area (Å²) in [6, 6.07) is 3.77. The molecular weight excluding hydrogens is 408 g/mol. The number of nitrogens with one attached hydrogen (secondary N) is 2. The third-order valence-corrected chi connectivity index (χ3v) is 7.84. The quantitative estimate of drug-likeness (QED) is 0.748. The fourth-order valence-corrected chi connectivity index (χ4v) is 5.87. The van der Waals surface area contributed by atoms with Crippen molar-refractivity contribution in [2.45, 2.75) is 51.1 Å². The van der Waals surface area contributed by atoms with E-state index in [-0.39, 0.29) is 22.8 Å². The zero-order chi connectivity index (χ0) is 21.1. The Kier molecular flexibility index (Phi) is 4.77. The minimum atomic E-state index is -3.10. The number of aromatic nitrogens is 1. The first kappa shape index (κ1) is 20.0. The third-order valence-electron chi connectivity index (χ3n) is 5.56. The molecule has 29 heavy (non-hydrogen) atoms. The Bertz CT molecular complexity index is 1130. The number of hydrogen-bond acceptors (Lipinski definition) is 6. The van der Waals surface area contributed by atoms with Gasteiger partial charge in [0.2, 0.25) is 5.91 Å². The summed E-state index contributed by atoms with van der Waals surface area (Å²) in [5.41, 5.74) is 2.75. The molecule has 4 rings (SSSR count). The molecule has 1 aliphatic heterocycles. The first-order valence-electron chi connectivity index (χ1n) is 9.53. The van der Waals surface area contributed by atoms with Gasteiger partial charge in [0.15, 0.2) is 5.13 Å². The second-order valence-electron chi connectivity index (χ2n) is 7.98. The van der Waals surface area contributed by atoms with Crippen molar-refractivity contribution in [1.29, 1.82) is 4.78 Å². The second-order valence-corrected chi connectivity index (χ2v) is 11.1. The molecule has 0 radical (unpaired) electrons. The normalized spacial score (nSPS) is 19.0. The number of thiazole rings is 1. The topological polar surface area (TPSA) is 103 Å². The molecular formula is C20H24N4O3S2. The predicted octanol–water partition coefficient (Wildman–Crippen LogP) is 3.87. The maximum atomic E-state index is 13.1. The molecule has 0 saturated heterocycles. The Labute approximate surface area is 174 Å². The first-order valence-corrected chi connectivity index (χ1v) is 12.3. The smallest absolute Gasteiger partial charge is 0.256 e. The van der Waals surface area contributed by atoms with E-state index >= 15 is 0 Å². The van der Waals surface area contributed by atoms with Crippen LogP contribution in [0.1, 0.15) is 48.3 Å². The van der Waals surface area contributed by atoms with Gasteiger partial charge in [-0.15, -0.1) is 0 Å². The van der Waals surface area contributed by atoms with Crippen molar-refractivity contribution in [3.8, 4) is 10.4 Å². The van der Waals surface area contributed by atoms with E-state index in [0.29, 0.717) is 23.2 Å². The van der Waals surface area contributed by atoms with E-state index in [9.17, 15) is 13.8 Å². The minimum absolute atomic E-state index is 0.122. The summed E-state index contributed by atoms with van der Waals surface area (Å²) in [5.74, 6) is 0.211. The van der Waals surface area contributed by atoms with Gasteiger partial charge in [0.05, 0.1) is 30.8 Å². The van der Waals surface area contributed by atoms with Crippen molar-refractivity contribution in [3.05, 3.63) is 29.0 Å². The summed E-state index contributed by atoms with van der Waals surface area (Å²) in [5, 5.41) is 3.19. The van der Waals surface area contributed by atoms with Crippen molar-refractivity contribution < 1.29 is 13.8 Å². The van der Waals surface area contributed by atoms with E-state index in [1.807, 2.05) is 17.9 Å². The SMILES string of the molecule is CC(=O)Nc1nc(C)c(-c2cc3c(c([S@](C)(=N)=O)c2)C(=O)N([C@@H](C)C2CC2)C3)s1. The highest BCUT2D eigenvalue weighted by Crippen LogP contribution is 2.42. The molecule has 2 aromatic rings. The molecule has 1 aliphatic carbocycles. The average molecular weight is 433 g/mol. The summed E-state index contributed by atoms with van der Waals surface area (Å²) >= 11 is 1.33. The van der Waals surface area contributed by atoms with Crippen LogP contribution in [0.25, 0.3) is 10.4 Å². The number of benzene rings is 1. The van der Waals surface area contributed by atoms with Gasteiger partial charge in [-0.2, -0.15) is 0 Å². The van der Waals surface area contributed by atoms with Crippen molar-refractivity contribution in [3.63, 3.8) is 0 Å². The van der Waals surface area contributed by atoms with Crippen LogP contribution in [0, 0.1) is 17.6 Å². The molecule has 0 bridgehead atoms. The molecule has 1 aromatic carbocycles. The number of anilines is 1. The molecule has 2 heterocycles. The lowest BCUT2D eigenvalue weighted by Gasteiger charge is -2.24. The third kappa shape index (κ3) is 3.69. The summed E-state index contributed by atoms with van der Waals surface area (Å²) in [6.07, 6.45) is 3.62. The number of rotatable bonds is 5. The van der Waals surface area contributed by atoms with E-state index in [0.717, 1.165) is 34.5 Å². The summed E-state index contributed by atoms with van der Waals surface area (Å²) in [4.78, 5) is 31.9. The number of carbonyl (C=O) groups is 2. The number of fused-ring (bicyclic) bond motifs is 1.